The van der Waals surface area contributed by atoms with Crippen LogP contribution in [-0.4, -0.2) is 42.8 Å². The van der Waals surface area contributed by atoms with E-state index in [0.717, 1.165) is 28.8 Å². The number of likely N-dealkylation sites (tertiary alicyclic amines) is 1. The Morgan fingerprint density at radius 2 is 2.10 bits per heavy atom. The normalized spacial score (nSPS) is 19.1. The van der Waals surface area contributed by atoms with E-state index in [4.69, 9.17) is 9.47 Å². The highest BCUT2D eigenvalue weighted by molar-refractivity contribution is 9.10. The zero-order valence-corrected chi connectivity index (χ0v) is 13.1. The van der Waals surface area contributed by atoms with Gasteiger partial charge in [0.25, 0.3) is 0 Å². The number of hydrogen-bond acceptors (Lipinski definition) is 4. The Morgan fingerprint density at radius 1 is 1.40 bits per heavy atom. The Bertz CT molecular complexity index is 506. The Labute approximate surface area is 126 Å². The minimum atomic E-state index is -0.759. The van der Waals surface area contributed by atoms with Gasteiger partial charge in [0.2, 0.25) is 0 Å². The van der Waals surface area contributed by atoms with Crippen molar-refractivity contribution < 1.29 is 19.4 Å². The molecule has 0 radical (unpaired) electrons. The first-order valence-electron chi connectivity index (χ1n) is 6.44. The first-order valence-corrected chi connectivity index (χ1v) is 7.23. The van der Waals surface area contributed by atoms with Gasteiger partial charge >= 0.3 is 5.97 Å². The van der Waals surface area contributed by atoms with Gasteiger partial charge in [0.1, 0.15) is 17.5 Å². The third-order valence-corrected chi connectivity index (χ3v) is 4.20. The molecule has 110 valence electrons. The molecule has 1 atom stereocenters. The summed E-state index contributed by atoms with van der Waals surface area (Å²) in [5, 5.41) is 9.23. The molecule has 5 nitrogen and oxygen atoms in total. The number of carbonyl (C=O) groups is 1. The number of benzene rings is 1. The van der Waals surface area contributed by atoms with Gasteiger partial charge in [0.05, 0.1) is 18.7 Å². The van der Waals surface area contributed by atoms with Crippen molar-refractivity contribution in [3.63, 3.8) is 0 Å². The van der Waals surface area contributed by atoms with Crippen molar-refractivity contribution in [3.8, 4) is 11.5 Å². The van der Waals surface area contributed by atoms with Gasteiger partial charge in [0, 0.05) is 12.1 Å². The summed E-state index contributed by atoms with van der Waals surface area (Å²) in [5.41, 5.74) is 0.931. The van der Waals surface area contributed by atoms with E-state index in [2.05, 4.69) is 15.9 Å². The third-order valence-electron chi connectivity index (χ3n) is 3.58. The molecule has 0 bridgehead atoms. The molecular formula is C14H18BrNO4. The van der Waals surface area contributed by atoms with E-state index in [9.17, 15) is 9.90 Å². The molecule has 0 aromatic heterocycles. The molecule has 0 saturated carbocycles. The van der Waals surface area contributed by atoms with Crippen molar-refractivity contribution in [2.75, 3.05) is 20.8 Å². The van der Waals surface area contributed by atoms with Gasteiger partial charge in [-0.2, -0.15) is 0 Å². The molecule has 1 N–H and O–H groups in total. The zero-order chi connectivity index (χ0) is 14.7. The second-order valence-electron chi connectivity index (χ2n) is 4.77. The van der Waals surface area contributed by atoms with E-state index in [1.165, 1.54) is 0 Å². The number of carboxylic acids is 1. The summed E-state index contributed by atoms with van der Waals surface area (Å²) in [4.78, 5) is 13.2. The van der Waals surface area contributed by atoms with E-state index < -0.39 is 12.0 Å². The number of methoxy groups -OCH3 is 2. The molecule has 0 spiro atoms. The summed E-state index contributed by atoms with van der Waals surface area (Å²) >= 11 is 3.42. The predicted octanol–water partition coefficient (Wildman–Crippen LogP) is 2.52. The van der Waals surface area contributed by atoms with Crippen molar-refractivity contribution in [2.45, 2.75) is 25.4 Å². The summed E-state index contributed by atoms with van der Waals surface area (Å²) in [5.74, 6) is 0.686. The van der Waals surface area contributed by atoms with Gasteiger partial charge in [-0.3, -0.25) is 9.69 Å². The molecule has 2 rings (SSSR count). The van der Waals surface area contributed by atoms with E-state index >= 15 is 0 Å². The maximum absolute atomic E-state index is 11.2. The lowest BCUT2D eigenvalue weighted by Gasteiger charge is -2.22. The van der Waals surface area contributed by atoms with Crippen LogP contribution in [0.15, 0.2) is 16.6 Å². The molecule has 1 saturated heterocycles. The van der Waals surface area contributed by atoms with Gasteiger partial charge in [-0.05, 0) is 47.4 Å². The second-order valence-corrected chi connectivity index (χ2v) is 5.62. The van der Waals surface area contributed by atoms with Crippen molar-refractivity contribution in [2.24, 2.45) is 0 Å². The fourth-order valence-electron chi connectivity index (χ4n) is 2.56. The SMILES string of the molecule is COc1cc(CN2CCCC2C(=O)O)c(OC)cc1Br. The molecular weight excluding hydrogens is 326 g/mol. The number of aliphatic carboxylic acids is 1. The van der Waals surface area contributed by atoms with Crippen LogP contribution in [0.4, 0.5) is 0 Å². The molecule has 6 heteroatoms. The lowest BCUT2D eigenvalue weighted by Crippen LogP contribution is -2.35. The van der Waals surface area contributed by atoms with Crippen molar-refractivity contribution in [3.05, 3.63) is 22.2 Å². The topological polar surface area (TPSA) is 59.0 Å². The van der Waals surface area contributed by atoms with Gasteiger partial charge in [-0.25, -0.2) is 0 Å². The van der Waals surface area contributed by atoms with Crippen LogP contribution >= 0.6 is 15.9 Å². The van der Waals surface area contributed by atoms with Crippen molar-refractivity contribution in [1.82, 2.24) is 4.90 Å². The standard InChI is InChI=1S/C14H18BrNO4/c1-19-12-7-10(15)13(20-2)6-9(12)8-16-5-3-4-11(16)14(17)18/h6-7,11H,3-5,8H2,1-2H3,(H,17,18). The largest absolute Gasteiger partial charge is 0.496 e. The van der Waals surface area contributed by atoms with Gasteiger partial charge in [0.15, 0.2) is 0 Å². The Morgan fingerprint density at radius 3 is 2.70 bits per heavy atom. The summed E-state index contributed by atoms with van der Waals surface area (Å²) in [7, 11) is 3.21. The zero-order valence-electron chi connectivity index (χ0n) is 11.6. The van der Waals surface area contributed by atoms with Crippen LogP contribution in [0.5, 0.6) is 11.5 Å². The fourth-order valence-corrected chi connectivity index (χ4v) is 3.05. The molecule has 1 aromatic rings. The summed E-state index contributed by atoms with van der Waals surface area (Å²) in [6.07, 6.45) is 1.61. The number of carboxylic acid groups (broad SMARTS) is 1. The molecule has 1 aliphatic heterocycles. The molecule has 1 aliphatic rings. The lowest BCUT2D eigenvalue weighted by atomic mass is 10.1. The van der Waals surface area contributed by atoms with E-state index in [-0.39, 0.29) is 0 Å². The van der Waals surface area contributed by atoms with E-state index in [1.54, 1.807) is 14.2 Å². The summed E-state index contributed by atoms with van der Waals surface area (Å²) in [6.45, 7) is 1.34. The van der Waals surface area contributed by atoms with Crippen molar-refractivity contribution in [1.29, 1.82) is 0 Å². The number of nitrogens with zero attached hydrogens (tertiary/aromatic N) is 1. The van der Waals surface area contributed by atoms with Crippen molar-refractivity contribution >= 4 is 21.9 Å². The average molecular weight is 344 g/mol. The Hall–Kier alpha value is -1.27. The summed E-state index contributed by atoms with van der Waals surface area (Å²) < 4.78 is 11.5. The minimum Gasteiger partial charge on any atom is -0.496 e. The molecule has 0 amide bonds. The van der Waals surface area contributed by atoms with Gasteiger partial charge in [-0.15, -0.1) is 0 Å². The first-order chi connectivity index (χ1) is 9.56. The maximum atomic E-state index is 11.2. The maximum Gasteiger partial charge on any atom is 0.320 e. The van der Waals surface area contributed by atoms with Crippen LogP contribution in [0.2, 0.25) is 0 Å². The highest BCUT2D eigenvalue weighted by Crippen LogP contribution is 2.34. The number of hydrogen-bond donors (Lipinski definition) is 1. The predicted molar refractivity (Wildman–Crippen MR) is 78.3 cm³/mol. The highest BCUT2D eigenvalue weighted by atomic mass is 79.9. The van der Waals surface area contributed by atoms with E-state index in [0.29, 0.717) is 18.7 Å². The summed E-state index contributed by atoms with van der Waals surface area (Å²) in [6, 6.07) is 3.33. The smallest absolute Gasteiger partial charge is 0.320 e. The molecule has 0 aliphatic carbocycles. The van der Waals surface area contributed by atoms with Crippen LogP contribution in [0.3, 0.4) is 0 Å². The lowest BCUT2D eigenvalue weighted by molar-refractivity contribution is -0.142. The molecule has 1 heterocycles. The Balaban J connectivity index is 2.25. The fraction of sp³-hybridized carbons (Fsp3) is 0.500. The van der Waals surface area contributed by atoms with Crippen LogP contribution in [0.1, 0.15) is 18.4 Å². The number of halogens is 1. The quantitative estimate of drug-likeness (QED) is 0.890. The van der Waals surface area contributed by atoms with Crippen LogP contribution in [0.25, 0.3) is 0 Å². The monoisotopic (exact) mass is 343 g/mol. The number of rotatable bonds is 5. The van der Waals surface area contributed by atoms with Crippen LogP contribution in [-0.2, 0) is 11.3 Å². The van der Waals surface area contributed by atoms with Crippen LogP contribution in [0, 0.1) is 0 Å². The molecule has 1 aromatic carbocycles. The minimum absolute atomic E-state index is 0.408. The molecule has 1 fully saturated rings. The number of ether oxygens (including phenoxy) is 2. The molecule has 1 unspecified atom stereocenters. The Kier molecular flexibility index (Phi) is 4.88. The van der Waals surface area contributed by atoms with E-state index in [1.807, 2.05) is 17.0 Å². The highest BCUT2D eigenvalue weighted by Gasteiger charge is 2.31. The average Bonchev–Trinajstić information content (AvgIpc) is 2.88. The first kappa shape index (κ1) is 15.1. The molecule has 20 heavy (non-hydrogen) atoms. The van der Waals surface area contributed by atoms with Gasteiger partial charge in [-0.1, -0.05) is 0 Å². The van der Waals surface area contributed by atoms with Gasteiger partial charge < -0.3 is 14.6 Å². The second kappa shape index (κ2) is 6.45. The van der Waals surface area contributed by atoms with Crippen LogP contribution < -0.4 is 9.47 Å². The third kappa shape index (κ3) is 3.07.